The van der Waals surface area contributed by atoms with Crippen molar-refractivity contribution in [3.8, 4) is 0 Å². The molecule has 0 aliphatic heterocycles. The average Bonchev–Trinajstić information content (AvgIpc) is 2.35. The molecule has 3 nitrogen and oxygen atoms in total. The SMILES string of the molecule is C=CCN(C(=O)C(C)OC)c1ccccc1C. The summed E-state index contributed by atoms with van der Waals surface area (Å²) in [6, 6.07) is 7.79. The first kappa shape index (κ1) is 13.5. The van der Waals surface area contributed by atoms with Gasteiger partial charge < -0.3 is 9.64 Å². The van der Waals surface area contributed by atoms with Crippen LogP contribution < -0.4 is 4.90 Å². The lowest BCUT2D eigenvalue weighted by atomic mass is 10.1. The Bertz CT molecular complexity index is 401. The number of hydrogen-bond donors (Lipinski definition) is 0. The lowest BCUT2D eigenvalue weighted by Gasteiger charge is -2.25. The van der Waals surface area contributed by atoms with E-state index in [0.29, 0.717) is 6.54 Å². The van der Waals surface area contributed by atoms with Gasteiger partial charge in [-0.05, 0) is 25.5 Å². The lowest BCUT2D eigenvalue weighted by Crippen LogP contribution is -2.39. The molecule has 1 aromatic carbocycles. The van der Waals surface area contributed by atoms with E-state index in [1.807, 2.05) is 31.2 Å². The fourth-order valence-corrected chi connectivity index (χ4v) is 1.62. The maximum absolute atomic E-state index is 12.2. The van der Waals surface area contributed by atoms with Gasteiger partial charge in [0.15, 0.2) is 0 Å². The zero-order valence-electron chi connectivity index (χ0n) is 10.6. The van der Waals surface area contributed by atoms with Crippen LogP contribution in [0, 0.1) is 6.92 Å². The van der Waals surface area contributed by atoms with Gasteiger partial charge in [0.1, 0.15) is 6.10 Å². The summed E-state index contributed by atoms with van der Waals surface area (Å²) in [5.74, 6) is -0.0540. The van der Waals surface area contributed by atoms with E-state index in [1.165, 1.54) is 7.11 Å². The molecule has 0 fully saturated rings. The van der Waals surface area contributed by atoms with Gasteiger partial charge in [0, 0.05) is 19.3 Å². The number of nitrogens with zero attached hydrogens (tertiary/aromatic N) is 1. The van der Waals surface area contributed by atoms with Crippen LogP contribution in [0.15, 0.2) is 36.9 Å². The third kappa shape index (κ3) is 3.17. The summed E-state index contributed by atoms with van der Waals surface area (Å²) in [5.41, 5.74) is 1.97. The van der Waals surface area contributed by atoms with Gasteiger partial charge in [0.25, 0.3) is 5.91 Å². The highest BCUT2D eigenvalue weighted by molar-refractivity contribution is 5.97. The average molecular weight is 233 g/mol. The molecule has 1 amide bonds. The fourth-order valence-electron chi connectivity index (χ4n) is 1.62. The van der Waals surface area contributed by atoms with Gasteiger partial charge in [-0.1, -0.05) is 24.3 Å². The molecule has 0 heterocycles. The first-order chi connectivity index (χ1) is 8.11. The number of rotatable bonds is 5. The normalized spacial score (nSPS) is 11.9. The van der Waals surface area contributed by atoms with Crippen molar-refractivity contribution >= 4 is 11.6 Å². The standard InChI is InChI=1S/C14H19NO2/c1-5-10-15(14(16)12(3)17-4)13-9-7-6-8-11(13)2/h5-9,12H,1,10H2,2-4H3. The van der Waals surface area contributed by atoms with Gasteiger partial charge in [-0.15, -0.1) is 6.58 Å². The van der Waals surface area contributed by atoms with Crippen LogP contribution in [-0.2, 0) is 9.53 Å². The minimum atomic E-state index is -0.449. The summed E-state index contributed by atoms with van der Waals surface area (Å²) in [4.78, 5) is 13.9. The van der Waals surface area contributed by atoms with Gasteiger partial charge in [-0.25, -0.2) is 0 Å². The highest BCUT2D eigenvalue weighted by atomic mass is 16.5. The monoisotopic (exact) mass is 233 g/mol. The molecule has 0 N–H and O–H groups in total. The smallest absolute Gasteiger partial charge is 0.256 e. The summed E-state index contributed by atoms with van der Waals surface area (Å²) in [6.07, 6.45) is 1.27. The van der Waals surface area contributed by atoms with Crippen molar-refractivity contribution in [2.24, 2.45) is 0 Å². The van der Waals surface area contributed by atoms with Crippen LogP contribution in [0.5, 0.6) is 0 Å². The summed E-state index contributed by atoms with van der Waals surface area (Å²) >= 11 is 0. The van der Waals surface area contributed by atoms with Gasteiger partial charge in [-0.2, -0.15) is 0 Å². The molecule has 3 heteroatoms. The summed E-state index contributed by atoms with van der Waals surface area (Å²) in [5, 5.41) is 0. The van der Waals surface area contributed by atoms with Crippen LogP contribution in [0.1, 0.15) is 12.5 Å². The Hall–Kier alpha value is -1.61. The number of anilines is 1. The zero-order chi connectivity index (χ0) is 12.8. The number of carbonyl (C=O) groups is 1. The van der Waals surface area contributed by atoms with E-state index >= 15 is 0 Å². The number of ether oxygens (including phenoxy) is 1. The van der Waals surface area contributed by atoms with E-state index in [-0.39, 0.29) is 5.91 Å². The van der Waals surface area contributed by atoms with E-state index in [1.54, 1.807) is 17.9 Å². The number of methoxy groups -OCH3 is 1. The van der Waals surface area contributed by atoms with E-state index in [4.69, 9.17) is 4.74 Å². The molecule has 0 saturated carbocycles. The molecule has 0 bridgehead atoms. The Morgan fingerprint density at radius 2 is 2.18 bits per heavy atom. The van der Waals surface area contributed by atoms with Gasteiger partial charge in [-0.3, -0.25) is 4.79 Å². The molecular weight excluding hydrogens is 214 g/mol. The van der Waals surface area contributed by atoms with E-state index < -0.39 is 6.10 Å². The number of para-hydroxylation sites is 1. The number of carbonyl (C=O) groups excluding carboxylic acids is 1. The van der Waals surface area contributed by atoms with Crippen molar-refractivity contribution in [3.63, 3.8) is 0 Å². The molecule has 0 saturated heterocycles. The predicted octanol–water partition coefficient (Wildman–Crippen LogP) is 2.55. The van der Waals surface area contributed by atoms with Crippen LogP contribution in [0.25, 0.3) is 0 Å². The second-order valence-electron chi connectivity index (χ2n) is 3.90. The van der Waals surface area contributed by atoms with Crippen LogP contribution >= 0.6 is 0 Å². The molecule has 0 spiro atoms. The molecule has 0 radical (unpaired) electrons. The largest absolute Gasteiger partial charge is 0.372 e. The van der Waals surface area contributed by atoms with Gasteiger partial charge in [0.2, 0.25) is 0 Å². The van der Waals surface area contributed by atoms with Crippen molar-refractivity contribution in [2.45, 2.75) is 20.0 Å². The Labute approximate surface area is 103 Å². The molecule has 92 valence electrons. The summed E-state index contributed by atoms with van der Waals surface area (Å²) < 4.78 is 5.08. The predicted molar refractivity (Wildman–Crippen MR) is 70.2 cm³/mol. The first-order valence-electron chi connectivity index (χ1n) is 5.62. The molecule has 0 aliphatic carbocycles. The van der Waals surface area contributed by atoms with Crippen molar-refractivity contribution < 1.29 is 9.53 Å². The van der Waals surface area contributed by atoms with E-state index in [0.717, 1.165) is 11.3 Å². The molecule has 1 aromatic rings. The lowest BCUT2D eigenvalue weighted by molar-refractivity contribution is -0.127. The van der Waals surface area contributed by atoms with Crippen LogP contribution in [-0.4, -0.2) is 25.7 Å². The molecule has 1 atom stereocenters. The van der Waals surface area contributed by atoms with Gasteiger partial charge in [0.05, 0.1) is 0 Å². The quantitative estimate of drug-likeness (QED) is 0.731. The third-order valence-corrected chi connectivity index (χ3v) is 2.69. The Balaban J connectivity index is 3.05. The second kappa shape index (κ2) is 6.21. The molecule has 1 unspecified atom stereocenters. The van der Waals surface area contributed by atoms with E-state index in [2.05, 4.69) is 6.58 Å². The van der Waals surface area contributed by atoms with Gasteiger partial charge >= 0.3 is 0 Å². The fraction of sp³-hybridized carbons (Fsp3) is 0.357. The van der Waals surface area contributed by atoms with Crippen LogP contribution in [0.3, 0.4) is 0 Å². The molecule has 17 heavy (non-hydrogen) atoms. The highest BCUT2D eigenvalue weighted by Gasteiger charge is 2.21. The van der Waals surface area contributed by atoms with Crippen LogP contribution in [0.4, 0.5) is 5.69 Å². The minimum absolute atomic E-state index is 0.0540. The second-order valence-corrected chi connectivity index (χ2v) is 3.90. The summed E-state index contributed by atoms with van der Waals surface area (Å²) in [7, 11) is 1.53. The van der Waals surface area contributed by atoms with Crippen molar-refractivity contribution in [3.05, 3.63) is 42.5 Å². The summed E-state index contributed by atoms with van der Waals surface area (Å²) in [6.45, 7) is 7.90. The van der Waals surface area contributed by atoms with E-state index in [9.17, 15) is 4.79 Å². The van der Waals surface area contributed by atoms with Crippen molar-refractivity contribution in [1.29, 1.82) is 0 Å². The molecule has 1 rings (SSSR count). The van der Waals surface area contributed by atoms with Crippen molar-refractivity contribution in [2.75, 3.05) is 18.6 Å². The maximum Gasteiger partial charge on any atom is 0.256 e. The molecule has 0 aliphatic rings. The third-order valence-electron chi connectivity index (χ3n) is 2.69. The highest BCUT2D eigenvalue weighted by Crippen LogP contribution is 2.20. The number of aryl methyl sites for hydroxylation is 1. The topological polar surface area (TPSA) is 29.5 Å². The minimum Gasteiger partial charge on any atom is -0.372 e. The Morgan fingerprint density at radius 3 is 2.71 bits per heavy atom. The first-order valence-corrected chi connectivity index (χ1v) is 5.62. The molecule has 0 aromatic heterocycles. The molecular formula is C14H19NO2. The number of benzene rings is 1. The van der Waals surface area contributed by atoms with Crippen molar-refractivity contribution in [1.82, 2.24) is 0 Å². The maximum atomic E-state index is 12.2. The number of amides is 1. The zero-order valence-corrected chi connectivity index (χ0v) is 10.6. The number of hydrogen-bond acceptors (Lipinski definition) is 2. The Kier molecular flexibility index (Phi) is 4.91. The Morgan fingerprint density at radius 1 is 1.53 bits per heavy atom. The van der Waals surface area contributed by atoms with Crippen LogP contribution in [0.2, 0.25) is 0 Å².